The Morgan fingerprint density at radius 2 is 2.03 bits per heavy atom. The number of carbonyl (C=O) groups excluding carboxylic acids is 1. The minimum Gasteiger partial charge on any atom is -0.496 e. The van der Waals surface area contributed by atoms with E-state index in [-0.39, 0.29) is 12.2 Å². The lowest BCUT2D eigenvalue weighted by Gasteiger charge is -2.15. The van der Waals surface area contributed by atoms with Gasteiger partial charge in [0.15, 0.2) is 0 Å². The van der Waals surface area contributed by atoms with Crippen LogP contribution in [0.25, 0.3) is 33.1 Å². The second-order valence-corrected chi connectivity index (χ2v) is 8.40. The van der Waals surface area contributed by atoms with Crippen LogP contribution >= 0.6 is 0 Å². The lowest BCUT2D eigenvalue weighted by Crippen LogP contribution is -2.31. The Kier molecular flexibility index (Phi) is 5.35. The van der Waals surface area contributed by atoms with Gasteiger partial charge < -0.3 is 15.0 Å². The van der Waals surface area contributed by atoms with E-state index >= 15 is 0 Å². The minimum absolute atomic E-state index is 0.265. The molecule has 0 bridgehead atoms. The first-order valence-electron chi connectivity index (χ1n) is 11.1. The monoisotopic (exact) mass is 472 g/mol. The maximum absolute atomic E-state index is 13.6. The summed E-state index contributed by atoms with van der Waals surface area (Å²) < 4.78 is 14.1. The Bertz CT molecular complexity index is 1630. The molecule has 5 aromatic rings. The number of methoxy groups -OCH3 is 1. The van der Waals surface area contributed by atoms with Gasteiger partial charge in [-0.2, -0.15) is 0 Å². The number of hydrogen-bond donors (Lipinski definition) is 1. The van der Waals surface area contributed by atoms with Gasteiger partial charge in [0.1, 0.15) is 18.1 Å². The molecule has 0 fully saturated rings. The average molecular weight is 473 g/mol. The second kappa shape index (κ2) is 8.39. The van der Waals surface area contributed by atoms with Gasteiger partial charge in [0.05, 0.1) is 52.8 Å². The van der Waals surface area contributed by atoms with Gasteiger partial charge in [-0.15, -0.1) is 0 Å². The Balaban J connectivity index is 1.87. The standard InChI is InChI=1S/C25H24N6O4/c1-13-23(15(3)35-29-13)17-9-19-16(10-21(17)34-4)24-20(11-28-19)30(12-22(26)32)25(33)31(24)14(2)18-7-5-6-8-27-18/h5-11,14H,12H2,1-4H3,(H2,26,32)/t14-/m1/s1. The fraction of sp³-hybridized carbons (Fsp3) is 0.240. The summed E-state index contributed by atoms with van der Waals surface area (Å²) in [6, 6.07) is 8.86. The summed E-state index contributed by atoms with van der Waals surface area (Å²) in [5.41, 5.74) is 9.90. The molecule has 1 atom stereocenters. The SMILES string of the molecule is COc1cc2c(cc1-c1c(C)noc1C)ncc1c2n([C@H](C)c2ccccn2)c(=O)n1CC(N)=O. The number of nitrogens with two attached hydrogens (primary N) is 1. The maximum Gasteiger partial charge on any atom is 0.330 e. The predicted molar refractivity (Wildman–Crippen MR) is 130 cm³/mol. The van der Waals surface area contributed by atoms with E-state index in [9.17, 15) is 9.59 Å². The molecule has 5 rings (SSSR count). The molecule has 4 heterocycles. The summed E-state index contributed by atoms with van der Waals surface area (Å²) in [7, 11) is 1.58. The van der Waals surface area contributed by atoms with Crippen LogP contribution in [-0.4, -0.2) is 37.3 Å². The number of hydrogen-bond acceptors (Lipinski definition) is 7. The van der Waals surface area contributed by atoms with Gasteiger partial charge in [-0.1, -0.05) is 11.2 Å². The molecule has 178 valence electrons. The quantitative estimate of drug-likeness (QED) is 0.402. The van der Waals surface area contributed by atoms with Gasteiger partial charge in [-0.05, 0) is 45.0 Å². The van der Waals surface area contributed by atoms with Gasteiger partial charge in [0.25, 0.3) is 0 Å². The maximum atomic E-state index is 13.6. The molecule has 10 nitrogen and oxygen atoms in total. The first-order valence-corrected chi connectivity index (χ1v) is 11.1. The van der Waals surface area contributed by atoms with Crippen molar-refractivity contribution in [2.24, 2.45) is 5.73 Å². The van der Waals surface area contributed by atoms with E-state index in [1.807, 2.05) is 51.1 Å². The third kappa shape index (κ3) is 3.54. The van der Waals surface area contributed by atoms with Gasteiger partial charge >= 0.3 is 5.69 Å². The highest BCUT2D eigenvalue weighted by molar-refractivity contribution is 6.05. The zero-order valence-corrected chi connectivity index (χ0v) is 19.8. The Labute approximate surface area is 199 Å². The summed E-state index contributed by atoms with van der Waals surface area (Å²) in [4.78, 5) is 34.5. The molecule has 35 heavy (non-hydrogen) atoms. The highest BCUT2D eigenvalue weighted by Gasteiger charge is 2.24. The van der Waals surface area contributed by atoms with E-state index in [0.717, 1.165) is 16.8 Å². The Morgan fingerprint density at radius 1 is 1.23 bits per heavy atom. The fourth-order valence-electron chi connectivity index (χ4n) is 4.63. The van der Waals surface area contributed by atoms with Crippen LogP contribution in [0.3, 0.4) is 0 Å². The first kappa shape index (κ1) is 22.3. The number of benzene rings is 1. The number of ether oxygens (including phenoxy) is 1. The molecule has 1 aromatic carbocycles. The van der Waals surface area contributed by atoms with Crippen molar-refractivity contribution in [3.63, 3.8) is 0 Å². The lowest BCUT2D eigenvalue weighted by atomic mass is 10.00. The molecule has 0 spiro atoms. The number of rotatable bonds is 6. The number of fused-ring (bicyclic) bond motifs is 3. The van der Waals surface area contributed by atoms with Crippen LogP contribution in [0.5, 0.6) is 5.75 Å². The van der Waals surface area contributed by atoms with E-state index in [2.05, 4.69) is 15.1 Å². The van der Waals surface area contributed by atoms with Crippen LogP contribution in [0.4, 0.5) is 0 Å². The molecule has 4 aromatic heterocycles. The van der Waals surface area contributed by atoms with Crippen molar-refractivity contribution < 1.29 is 14.1 Å². The van der Waals surface area contributed by atoms with Crippen LogP contribution in [0.1, 0.15) is 30.1 Å². The van der Waals surface area contributed by atoms with Crippen molar-refractivity contribution in [1.82, 2.24) is 24.3 Å². The van der Waals surface area contributed by atoms with E-state index in [0.29, 0.717) is 39.1 Å². The molecule has 0 aliphatic rings. The molecule has 0 aliphatic heterocycles. The van der Waals surface area contributed by atoms with Crippen molar-refractivity contribution in [2.45, 2.75) is 33.4 Å². The summed E-state index contributed by atoms with van der Waals surface area (Å²) in [6.45, 7) is 5.33. The molecule has 0 unspecified atom stereocenters. The number of pyridine rings is 2. The van der Waals surface area contributed by atoms with Gasteiger partial charge in [0.2, 0.25) is 5.91 Å². The van der Waals surface area contributed by atoms with Crippen molar-refractivity contribution >= 4 is 27.8 Å². The summed E-state index contributed by atoms with van der Waals surface area (Å²) >= 11 is 0. The second-order valence-electron chi connectivity index (χ2n) is 8.40. The molecule has 0 radical (unpaired) electrons. The number of primary amides is 1. The average Bonchev–Trinajstić information content (AvgIpc) is 3.33. The zero-order valence-electron chi connectivity index (χ0n) is 19.8. The number of aromatic nitrogens is 5. The number of aryl methyl sites for hydroxylation is 2. The van der Waals surface area contributed by atoms with Crippen molar-refractivity contribution in [3.05, 3.63) is 70.4 Å². The third-order valence-corrected chi connectivity index (χ3v) is 6.23. The summed E-state index contributed by atoms with van der Waals surface area (Å²) in [5.74, 6) is 0.617. The van der Waals surface area contributed by atoms with Crippen LogP contribution in [0.2, 0.25) is 0 Å². The van der Waals surface area contributed by atoms with Crippen LogP contribution in [0, 0.1) is 13.8 Å². The number of carbonyl (C=O) groups is 1. The van der Waals surface area contributed by atoms with Crippen LogP contribution in [0.15, 0.2) is 52.0 Å². The van der Waals surface area contributed by atoms with Gasteiger partial charge in [0, 0.05) is 17.1 Å². The van der Waals surface area contributed by atoms with Crippen molar-refractivity contribution in [2.75, 3.05) is 7.11 Å². The number of amides is 1. The van der Waals surface area contributed by atoms with Gasteiger partial charge in [-0.25, -0.2) is 4.79 Å². The zero-order chi connectivity index (χ0) is 24.9. The van der Waals surface area contributed by atoms with E-state index in [1.54, 1.807) is 24.1 Å². The molecule has 0 saturated heterocycles. The van der Waals surface area contributed by atoms with Crippen molar-refractivity contribution in [1.29, 1.82) is 0 Å². The Hall–Kier alpha value is -4.47. The van der Waals surface area contributed by atoms with Gasteiger partial charge in [-0.3, -0.25) is 23.9 Å². The highest BCUT2D eigenvalue weighted by Crippen LogP contribution is 2.39. The van der Waals surface area contributed by atoms with Crippen molar-refractivity contribution in [3.8, 4) is 16.9 Å². The predicted octanol–water partition coefficient (Wildman–Crippen LogP) is 3.12. The topological polar surface area (TPSA) is 131 Å². The highest BCUT2D eigenvalue weighted by atomic mass is 16.5. The summed E-state index contributed by atoms with van der Waals surface area (Å²) in [6.07, 6.45) is 3.27. The number of imidazole rings is 1. The smallest absolute Gasteiger partial charge is 0.330 e. The van der Waals surface area contributed by atoms with E-state index < -0.39 is 11.9 Å². The molecule has 10 heteroatoms. The molecule has 0 aliphatic carbocycles. The molecule has 2 N–H and O–H groups in total. The molecular weight excluding hydrogens is 448 g/mol. The molecule has 1 amide bonds. The van der Waals surface area contributed by atoms with Crippen LogP contribution in [-0.2, 0) is 11.3 Å². The fourth-order valence-corrected chi connectivity index (χ4v) is 4.63. The molecular formula is C25H24N6O4. The van der Waals surface area contributed by atoms with E-state index in [4.69, 9.17) is 15.0 Å². The van der Waals surface area contributed by atoms with E-state index in [1.165, 1.54) is 4.57 Å². The Morgan fingerprint density at radius 3 is 2.66 bits per heavy atom. The largest absolute Gasteiger partial charge is 0.496 e. The van der Waals surface area contributed by atoms with Crippen LogP contribution < -0.4 is 16.2 Å². The minimum atomic E-state index is -0.622. The summed E-state index contributed by atoms with van der Waals surface area (Å²) in [5, 5.41) is 4.75. The first-order chi connectivity index (χ1) is 16.8. The molecule has 0 saturated carbocycles. The lowest BCUT2D eigenvalue weighted by molar-refractivity contribution is -0.118. The normalized spacial score (nSPS) is 12.3. The third-order valence-electron chi connectivity index (χ3n) is 6.23. The number of nitrogens with zero attached hydrogens (tertiary/aromatic N) is 5.